The van der Waals surface area contributed by atoms with Crippen LogP contribution in [0.1, 0.15) is 0 Å². The van der Waals surface area contributed by atoms with Gasteiger partial charge in [-0.1, -0.05) is 15.9 Å². The first kappa shape index (κ1) is 5.68. The van der Waals surface area contributed by atoms with E-state index in [1.54, 1.807) is 0 Å². The first-order chi connectivity index (χ1) is 3.93. The van der Waals surface area contributed by atoms with Gasteiger partial charge in [-0.25, -0.2) is 0 Å². The number of halogens is 1. The van der Waals surface area contributed by atoms with Crippen molar-refractivity contribution >= 4 is 15.9 Å². The molecule has 0 atom stereocenters. The summed E-state index contributed by atoms with van der Waals surface area (Å²) in [5, 5.41) is 11.8. The summed E-state index contributed by atoms with van der Waals surface area (Å²) in [4.78, 5) is 1.52. The lowest BCUT2D eigenvalue weighted by Crippen LogP contribution is -2.02. The molecule has 1 heterocycles. The maximum Gasteiger partial charge on any atom is 0.162 e. The molecule has 0 saturated heterocycles. The van der Waals surface area contributed by atoms with Crippen LogP contribution in [0.15, 0.2) is 6.33 Å². The molecule has 0 amide bonds. The highest BCUT2D eigenvalue weighted by Crippen LogP contribution is 1.81. The second kappa shape index (κ2) is 2.76. The van der Waals surface area contributed by atoms with Gasteiger partial charge in [0, 0.05) is 5.33 Å². The number of hydrogen-bond donors (Lipinski definition) is 0. The molecule has 1 rings (SSSR count). The lowest BCUT2D eigenvalue weighted by Gasteiger charge is -1.87. The third-order valence-electron chi connectivity index (χ3n) is 0.676. The molecule has 0 saturated carbocycles. The third kappa shape index (κ3) is 1.26. The summed E-state index contributed by atoms with van der Waals surface area (Å²) in [5.41, 5.74) is 0. The number of hydrogen-bond acceptors (Lipinski definition) is 3. The van der Waals surface area contributed by atoms with Gasteiger partial charge in [0.25, 0.3) is 0 Å². The largest absolute Gasteiger partial charge is 0.164 e. The van der Waals surface area contributed by atoms with Crippen LogP contribution in [0.4, 0.5) is 0 Å². The molecule has 0 aliphatic heterocycles. The SMILES string of the molecule is BrCCn1ncnn1. The summed E-state index contributed by atoms with van der Waals surface area (Å²) in [7, 11) is 0. The number of aryl methyl sites for hydroxylation is 1. The van der Waals surface area contributed by atoms with E-state index < -0.39 is 0 Å². The fourth-order valence-electron chi connectivity index (χ4n) is 0.367. The predicted molar refractivity (Wildman–Crippen MR) is 31.6 cm³/mol. The Hall–Kier alpha value is -0.450. The fourth-order valence-corrected chi connectivity index (χ4v) is 0.684. The summed E-state index contributed by atoms with van der Waals surface area (Å²) in [6.45, 7) is 0.778. The van der Waals surface area contributed by atoms with Gasteiger partial charge < -0.3 is 0 Å². The monoisotopic (exact) mass is 176 g/mol. The van der Waals surface area contributed by atoms with Crippen molar-refractivity contribution in [3.05, 3.63) is 6.33 Å². The van der Waals surface area contributed by atoms with E-state index in [1.807, 2.05) is 0 Å². The average Bonchev–Trinajstić information content (AvgIpc) is 2.19. The van der Waals surface area contributed by atoms with Gasteiger partial charge >= 0.3 is 0 Å². The van der Waals surface area contributed by atoms with E-state index in [2.05, 4.69) is 31.3 Å². The van der Waals surface area contributed by atoms with Crippen LogP contribution in [0.3, 0.4) is 0 Å². The first-order valence-corrected chi connectivity index (χ1v) is 3.32. The Morgan fingerprint density at radius 3 is 3.00 bits per heavy atom. The summed E-state index contributed by atoms with van der Waals surface area (Å²) in [6, 6.07) is 0. The summed E-state index contributed by atoms with van der Waals surface area (Å²) in [6.07, 6.45) is 1.42. The summed E-state index contributed by atoms with van der Waals surface area (Å²) in [5.74, 6) is 0. The molecule has 0 bridgehead atoms. The van der Waals surface area contributed by atoms with Crippen LogP contribution in [-0.2, 0) is 6.54 Å². The molecule has 5 heteroatoms. The molecule has 0 aromatic carbocycles. The van der Waals surface area contributed by atoms with Crippen molar-refractivity contribution in [1.82, 2.24) is 20.2 Å². The fraction of sp³-hybridized carbons (Fsp3) is 0.667. The molecule has 8 heavy (non-hydrogen) atoms. The molecule has 0 aliphatic carbocycles. The van der Waals surface area contributed by atoms with Gasteiger partial charge in [0.15, 0.2) is 6.33 Å². The lowest BCUT2D eigenvalue weighted by atomic mass is 10.8. The highest BCUT2D eigenvalue weighted by molar-refractivity contribution is 9.09. The normalized spacial score (nSPS) is 9.62. The van der Waals surface area contributed by atoms with Crippen LogP contribution in [0.5, 0.6) is 0 Å². The smallest absolute Gasteiger partial charge is 0.162 e. The topological polar surface area (TPSA) is 43.6 Å². The van der Waals surface area contributed by atoms with Gasteiger partial charge in [-0.2, -0.15) is 4.80 Å². The maximum absolute atomic E-state index is 3.77. The van der Waals surface area contributed by atoms with Gasteiger partial charge in [0.2, 0.25) is 0 Å². The molecule has 0 aliphatic rings. The zero-order valence-corrected chi connectivity index (χ0v) is 5.74. The van der Waals surface area contributed by atoms with Gasteiger partial charge in [0.05, 0.1) is 6.54 Å². The Labute approximate surface area is 55.0 Å². The van der Waals surface area contributed by atoms with E-state index >= 15 is 0 Å². The van der Waals surface area contributed by atoms with E-state index in [4.69, 9.17) is 0 Å². The second-order valence-corrected chi connectivity index (χ2v) is 2.01. The van der Waals surface area contributed by atoms with Gasteiger partial charge in [-0.3, -0.25) is 0 Å². The Kier molecular flexibility index (Phi) is 1.96. The van der Waals surface area contributed by atoms with Gasteiger partial charge in [-0.05, 0) is 5.21 Å². The Morgan fingerprint density at radius 2 is 2.50 bits per heavy atom. The third-order valence-corrected chi connectivity index (χ3v) is 1.03. The molecule has 0 unspecified atom stereocenters. The van der Waals surface area contributed by atoms with Crippen molar-refractivity contribution in [2.75, 3.05) is 5.33 Å². The molecule has 0 N–H and O–H groups in total. The highest BCUT2D eigenvalue weighted by Gasteiger charge is 1.86. The molecule has 0 radical (unpaired) electrons. The highest BCUT2D eigenvalue weighted by atomic mass is 79.9. The molecule has 44 valence electrons. The number of aromatic nitrogens is 4. The van der Waals surface area contributed by atoms with Crippen molar-refractivity contribution in [3.8, 4) is 0 Å². The minimum absolute atomic E-state index is 0.778. The second-order valence-electron chi connectivity index (χ2n) is 1.22. The molecule has 0 spiro atoms. The maximum atomic E-state index is 3.77. The Bertz CT molecular complexity index is 137. The van der Waals surface area contributed by atoms with Crippen molar-refractivity contribution in [2.45, 2.75) is 6.54 Å². The van der Waals surface area contributed by atoms with E-state index in [0.29, 0.717) is 0 Å². The molecular formula is C3H5BrN4. The summed E-state index contributed by atoms with van der Waals surface area (Å²) >= 11 is 3.24. The zero-order valence-electron chi connectivity index (χ0n) is 4.16. The predicted octanol–water partition coefficient (Wildman–Crippen LogP) is 0.0680. The van der Waals surface area contributed by atoms with Crippen molar-refractivity contribution in [3.63, 3.8) is 0 Å². The standard InChI is InChI=1S/C3H5BrN4/c4-1-2-8-6-3-5-7-8/h3H,1-2H2. The van der Waals surface area contributed by atoms with Crippen LogP contribution in [0, 0.1) is 0 Å². The van der Waals surface area contributed by atoms with Gasteiger partial charge in [-0.15, -0.1) is 10.2 Å². The molecular weight excluding hydrogens is 172 g/mol. The average molecular weight is 177 g/mol. The van der Waals surface area contributed by atoms with Crippen LogP contribution in [0.2, 0.25) is 0 Å². The molecule has 4 nitrogen and oxygen atoms in total. The summed E-state index contributed by atoms with van der Waals surface area (Å²) < 4.78 is 0. The minimum Gasteiger partial charge on any atom is -0.164 e. The van der Waals surface area contributed by atoms with Crippen LogP contribution < -0.4 is 0 Å². The van der Waals surface area contributed by atoms with E-state index in [1.165, 1.54) is 11.1 Å². The number of tetrazole rings is 1. The van der Waals surface area contributed by atoms with Crippen molar-refractivity contribution < 1.29 is 0 Å². The van der Waals surface area contributed by atoms with Crippen molar-refractivity contribution in [2.24, 2.45) is 0 Å². The van der Waals surface area contributed by atoms with E-state index in [0.717, 1.165) is 11.9 Å². The van der Waals surface area contributed by atoms with Crippen LogP contribution in [-0.4, -0.2) is 25.5 Å². The molecule has 1 aromatic rings. The first-order valence-electron chi connectivity index (χ1n) is 2.20. The number of rotatable bonds is 2. The van der Waals surface area contributed by atoms with E-state index in [-0.39, 0.29) is 0 Å². The quantitative estimate of drug-likeness (QED) is 0.600. The van der Waals surface area contributed by atoms with Crippen molar-refractivity contribution in [1.29, 1.82) is 0 Å². The Morgan fingerprint density at radius 1 is 1.62 bits per heavy atom. The zero-order chi connectivity index (χ0) is 5.82. The molecule has 1 aromatic heterocycles. The number of nitrogens with zero attached hydrogens (tertiary/aromatic N) is 4. The lowest BCUT2D eigenvalue weighted by molar-refractivity contribution is 0.559. The van der Waals surface area contributed by atoms with Crippen LogP contribution in [0.25, 0.3) is 0 Å². The van der Waals surface area contributed by atoms with E-state index in [9.17, 15) is 0 Å². The minimum atomic E-state index is 0.778. The number of alkyl halides is 1. The van der Waals surface area contributed by atoms with Gasteiger partial charge in [0.1, 0.15) is 0 Å². The van der Waals surface area contributed by atoms with Crippen LogP contribution >= 0.6 is 15.9 Å². The Balaban J connectivity index is 2.50. The molecule has 0 fully saturated rings.